The van der Waals surface area contributed by atoms with Crippen LogP contribution in [-0.4, -0.2) is 37.4 Å². The minimum Gasteiger partial charge on any atom is -0.477 e. The van der Waals surface area contributed by atoms with Gasteiger partial charge in [0.1, 0.15) is 12.6 Å². The summed E-state index contributed by atoms with van der Waals surface area (Å²) >= 11 is 0. The topological polar surface area (TPSA) is 28.9 Å². The van der Waals surface area contributed by atoms with Crippen molar-refractivity contribution in [3.05, 3.63) is 118 Å². The number of halogens is 4. The minimum atomic E-state index is -6.00. The third kappa shape index (κ3) is 3.43. The lowest BCUT2D eigenvalue weighted by Gasteiger charge is -2.43. The summed E-state index contributed by atoms with van der Waals surface area (Å²) in [5, 5.41) is 3.71. The van der Waals surface area contributed by atoms with Gasteiger partial charge in [-0.3, -0.25) is 4.90 Å². The average molecular weight is 453 g/mol. The van der Waals surface area contributed by atoms with Crippen LogP contribution in [0.2, 0.25) is 0 Å². The van der Waals surface area contributed by atoms with Crippen LogP contribution in [0.4, 0.5) is 17.3 Å². The molecular formula is C24H20BF4N3O. The molecule has 3 atom stereocenters. The van der Waals surface area contributed by atoms with E-state index in [0.717, 1.165) is 30.2 Å². The molecule has 0 radical (unpaired) electrons. The van der Waals surface area contributed by atoms with Crippen molar-refractivity contribution < 1.29 is 26.9 Å². The van der Waals surface area contributed by atoms with Crippen LogP contribution in [0, 0.1) is 0 Å². The van der Waals surface area contributed by atoms with E-state index in [0.29, 0.717) is 6.04 Å². The van der Waals surface area contributed by atoms with Gasteiger partial charge in [0.25, 0.3) is 0 Å². The first-order chi connectivity index (χ1) is 15.9. The molecule has 0 aromatic heterocycles. The van der Waals surface area contributed by atoms with Crippen molar-refractivity contribution in [2.45, 2.75) is 12.1 Å². The Balaban J connectivity index is 0.000000377. The van der Waals surface area contributed by atoms with Crippen LogP contribution in [0.5, 0.6) is 0 Å². The summed E-state index contributed by atoms with van der Waals surface area (Å²) in [4.78, 5) is 3.77. The lowest BCUT2D eigenvalue weighted by molar-refractivity contribution is -0.858. The molecule has 1 fully saturated rings. The first-order valence-corrected chi connectivity index (χ1v) is 10.8. The van der Waals surface area contributed by atoms with Crippen molar-refractivity contribution in [3.8, 4) is 0 Å². The molecule has 7 rings (SSSR count). The molecule has 0 amide bonds. The zero-order chi connectivity index (χ0) is 22.7. The zero-order valence-electron chi connectivity index (χ0n) is 17.4. The normalized spacial score (nSPS) is 29.7. The van der Waals surface area contributed by atoms with Gasteiger partial charge in [-0.2, -0.15) is 0 Å². The smallest absolute Gasteiger partial charge is 0.477 e. The predicted molar refractivity (Wildman–Crippen MR) is 117 cm³/mol. The van der Waals surface area contributed by atoms with E-state index in [4.69, 9.17) is 4.74 Å². The van der Waals surface area contributed by atoms with Crippen molar-refractivity contribution in [1.29, 1.82) is 0 Å². The van der Waals surface area contributed by atoms with Crippen LogP contribution >= 0.6 is 0 Å². The molecule has 3 unspecified atom stereocenters. The minimum absolute atomic E-state index is 0.0826. The van der Waals surface area contributed by atoms with E-state index in [-0.39, 0.29) is 6.10 Å². The molecule has 0 saturated carbocycles. The number of fused-ring (bicyclic) bond motifs is 3. The first-order valence-electron chi connectivity index (χ1n) is 10.8. The Kier molecular flexibility index (Phi) is 4.45. The summed E-state index contributed by atoms with van der Waals surface area (Å²) in [5.74, 6) is 1.01. The van der Waals surface area contributed by atoms with Crippen LogP contribution in [0.1, 0.15) is 0 Å². The molecule has 4 nitrogen and oxygen atoms in total. The van der Waals surface area contributed by atoms with E-state index in [1.807, 2.05) is 0 Å². The lowest BCUT2D eigenvalue weighted by atomic mass is 9.83. The largest absolute Gasteiger partial charge is 0.673 e. The Morgan fingerprint density at radius 3 is 2.70 bits per heavy atom. The summed E-state index contributed by atoms with van der Waals surface area (Å²) in [7, 11) is -6.00. The van der Waals surface area contributed by atoms with Gasteiger partial charge in [-0.05, 0) is 42.5 Å². The third-order valence-electron chi connectivity index (χ3n) is 6.45. The van der Waals surface area contributed by atoms with Gasteiger partial charge in [0, 0.05) is 29.5 Å². The van der Waals surface area contributed by atoms with Crippen LogP contribution in [-0.2, 0) is 4.74 Å². The Morgan fingerprint density at radius 1 is 1.03 bits per heavy atom. The van der Waals surface area contributed by atoms with Crippen molar-refractivity contribution in [2.24, 2.45) is 0 Å². The van der Waals surface area contributed by atoms with Crippen LogP contribution < -0.4 is 10.2 Å². The lowest BCUT2D eigenvalue weighted by Crippen LogP contribution is -3.13. The molecule has 2 N–H and O–H groups in total. The zero-order valence-corrected chi connectivity index (χ0v) is 17.4. The Morgan fingerprint density at radius 2 is 1.85 bits per heavy atom. The number of hydrogen-bond acceptors (Lipinski definition) is 3. The van der Waals surface area contributed by atoms with E-state index >= 15 is 0 Å². The number of nitrogens with zero attached hydrogens (tertiary/aromatic N) is 1. The molecule has 0 aromatic carbocycles. The summed E-state index contributed by atoms with van der Waals surface area (Å²) in [6, 6.07) is 0.341. The number of nitrogens with one attached hydrogen (secondary N) is 2. The van der Waals surface area contributed by atoms with Gasteiger partial charge in [-0.15, -0.1) is 0 Å². The van der Waals surface area contributed by atoms with Crippen molar-refractivity contribution in [2.75, 3.05) is 13.1 Å². The standard InChI is InChI=1S/C24H19N3O.BF4/c1-5-15-13-19-23(17-7-3-11-26(9-1)21(15)17)28-24-18-8-4-12-27-10-2-6-16(22(18)27)14-20(24)25-19;2-1(3,4)5/h1-10,13-14,21,24-25H,11-12H2;/q;-1/p+1. The Labute approximate surface area is 188 Å². The SMILES string of the molecule is C1=CN2CC=CC3=C2C(=C1)C=C1NC2=CC4=CC=C[NH+]5CC=CC(=C2OC13)C45.F[B-](F)(F)F. The molecule has 7 aliphatic rings. The maximum Gasteiger partial charge on any atom is 0.673 e. The van der Waals surface area contributed by atoms with E-state index in [1.54, 1.807) is 0 Å². The molecule has 5 aliphatic heterocycles. The fourth-order valence-corrected chi connectivity index (χ4v) is 5.29. The predicted octanol–water partition coefficient (Wildman–Crippen LogP) is 3.18. The maximum atomic E-state index is 9.75. The number of hydrogen-bond donors (Lipinski definition) is 2. The van der Waals surface area contributed by atoms with Crippen molar-refractivity contribution in [1.82, 2.24) is 10.2 Å². The fraction of sp³-hybridized carbons (Fsp3) is 0.167. The van der Waals surface area contributed by atoms with Crippen LogP contribution in [0.3, 0.4) is 0 Å². The third-order valence-corrected chi connectivity index (χ3v) is 6.45. The average Bonchev–Trinajstić information content (AvgIpc) is 2.78. The molecule has 0 aromatic rings. The second kappa shape index (κ2) is 7.28. The van der Waals surface area contributed by atoms with Crippen molar-refractivity contribution in [3.63, 3.8) is 0 Å². The number of morpholine rings is 1. The Bertz CT molecular complexity index is 1240. The second-order valence-electron chi connectivity index (χ2n) is 8.52. The molecule has 9 heteroatoms. The van der Waals surface area contributed by atoms with E-state index in [9.17, 15) is 17.3 Å². The van der Waals surface area contributed by atoms with Crippen LogP contribution in [0.15, 0.2) is 118 Å². The molecule has 33 heavy (non-hydrogen) atoms. The maximum absolute atomic E-state index is 9.75. The van der Waals surface area contributed by atoms with Gasteiger partial charge in [0.05, 0.1) is 28.9 Å². The van der Waals surface area contributed by atoms with Crippen molar-refractivity contribution >= 4 is 7.25 Å². The number of rotatable bonds is 0. The molecule has 1 saturated heterocycles. The molecule has 0 spiro atoms. The number of quaternary nitrogens is 1. The Hall–Kier alpha value is -3.46. The number of allylic oxidation sites excluding steroid dienone is 5. The fourth-order valence-electron chi connectivity index (χ4n) is 5.29. The highest BCUT2D eigenvalue weighted by Gasteiger charge is 2.43. The van der Waals surface area contributed by atoms with Gasteiger partial charge >= 0.3 is 7.25 Å². The quantitative estimate of drug-likeness (QED) is 0.436. The highest BCUT2D eigenvalue weighted by atomic mass is 19.5. The summed E-state index contributed by atoms with van der Waals surface area (Å²) < 4.78 is 45.7. The van der Waals surface area contributed by atoms with Gasteiger partial charge in [0.15, 0.2) is 11.9 Å². The summed E-state index contributed by atoms with van der Waals surface area (Å²) in [5.41, 5.74) is 8.61. The van der Waals surface area contributed by atoms with Gasteiger partial charge in [-0.25, -0.2) is 0 Å². The molecule has 2 aliphatic carbocycles. The molecular weight excluding hydrogens is 433 g/mol. The highest BCUT2D eigenvalue weighted by Crippen LogP contribution is 2.43. The molecule has 5 heterocycles. The van der Waals surface area contributed by atoms with Crippen LogP contribution in [0.25, 0.3) is 0 Å². The van der Waals surface area contributed by atoms with E-state index in [2.05, 4.69) is 83.4 Å². The highest BCUT2D eigenvalue weighted by molar-refractivity contribution is 6.50. The summed E-state index contributed by atoms with van der Waals surface area (Å²) in [6.45, 7) is 1.94. The monoisotopic (exact) mass is 453 g/mol. The number of ether oxygens (including phenoxy) is 1. The molecule has 0 bridgehead atoms. The molecule has 168 valence electrons. The summed E-state index contributed by atoms with van der Waals surface area (Å²) in [6.07, 6.45) is 26.6. The van der Waals surface area contributed by atoms with Gasteiger partial charge in [0.2, 0.25) is 0 Å². The first kappa shape index (κ1) is 20.2. The van der Waals surface area contributed by atoms with E-state index < -0.39 is 7.25 Å². The second-order valence-corrected chi connectivity index (χ2v) is 8.52. The van der Waals surface area contributed by atoms with E-state index in [1.165, 1.54) is 32.9 Å². The van der Waals surface area contributed by atoms with Gasteiger partial charge < -0.3 is 32.2 Å². The van der Waals surface area contributed by atoms with Gasteiger partial charge in [-0.1, -0.05) is 18.2 Å².